The number of hydrogen-bond donors (Lipinski definition) is 1. The van der Waals surface area contributed by atoms with Crippen LogP contribution >= 0.6 is 0 Å². The first-order valence-corrected chi connectivity index (χ1v) is 9.32. The Labute approximate surface area is 157 Å². The van der Waals surface area contributed by atoms with Crippen LogP contribution in [0.25, 0.3) is 10.9 Å². The quantitative estimate of drug-likeness (QED) is 0.662. The Kier molecular flexibility index (Phi) is 4.75. The third kappa shape index (κ3) is 4.07. The molecular formula is C20H23N5O2. The first-order valence-electron chi connectivity index (χ1n) is 9.32. The maximum Gasteiger partial charge on any atom is 0.261 e. The van der Waals surface area contributed by atoms with E-state index in [9.17, 15) is 9.59 Å². The fourth-order valence-corrected chi connectivity index (χ4v) is 3.38. The van der Waals surface area contributed by atoms with Gasteiger partial charge in [-0.15, -0.1) is 0 Å². The third-order valence-corrected chi connectivity index (χ3v) is 5.23. The van der Waals surface area contributed by atoms with Crippen molar-refractivity contribution in [3.63, 3.8) is 0 Å². The van der Waals surface area contributed by atoms with Crippen molar-refractivity contribution in [3.05, 3.63) is 59.7 Å². The summed E-state index contributed by atoms with van der Waals surface area (Å²) in [4.78, 5) is 33.0. The number of fused-ring (bicyclic) bond motifs is 1. The van der Waals surface area contributed by atoms with E-state index >= 15 is 0 Å². The van der Waals surface area contributed by atoms with E-state index in [-0.39, 0.29) is 16.9 Å². The molecule has 3 aromatic rings. The number of rotatable bonds is 8. The third-order valence-electron chi connectivity index (χ3n) is 5.23. The maximum atomic E-state index is 12.4. The van der Waals surface area contributed by atoms with Gasteiger partial charge in [-0.1, -0.05) is 12.1 Å². The van der Waals surface area contributed by atoms with E-state index in [1.807, 2.05) is 30.7 Å². The van der Waals surface area contributed by atoms with Crippen molar-refractivity contribution in [3.8, 4) is 0 Å². The normalized spacial score (nSPS) is 15.0. The molecule has 0 spiro atoms. The van der Waals surface area contributed by atoms with Crippen LogP contribution in [0.2, 0.25) is 0 Å². The molecule has 140 valence electrons. The maximum absolute atomic E-state index is 12.4. The number of nitrogens with zero attached hydrogens (tertiary/aromatic N) is 4. The molecule has 27 heavy (non-hydrogen) atoms. The van der Waals surface area contributed by atoms with Gasteiger partial charge in [0.1, 0.15) is 0 Å². The van der Waals surface area contributed by atoms with Gasteiger partial charge in [0.05, 0.1) is 23.6 Å². The minimum atomic E-state index is -0.0572. The van der Waals surface area contributed by atoms with Crippen LogP contribution in [0.1, 0.15) is 25.7 Å². The van der Waals surface area contributed by atoms with Crippen LogP contribution in [0.3, 0.4) is 0 Å². The van der Waals surface area contributed by atoms with Crippen LogP contribution in [0.4, 0.5) is 0 Å². The highest BCUT2D eigenvalue weighted by atomic mass is 16.1. The number of benzene rings is 1. The predicted octanol–water partition coefficient (Wildman–Crippen LogP) is 1.97. The summed E-state index contributed by atoms with van der Waals surface area (Å²) in [6.45, 7) is 2.08. The molecule has 1 aliphatic rings. The molecule has 7 nitrogen and oxygen atoms in total. The first kappa shape index (κ1) is 17.5. The molecular weight excluding hydrogens is 342 g/mol. The molecule has 0 radical (unpaired) electrons. The van der Waals surface area contributed by atoms with E-state index in [0.717, 1.165) is 19.4 Å². The van der Waals surface area contributed by atoms with Crippen molar-refractivity contribution < 1.29 is 4.79 Å². The SMILES string of the molecule is O=C(CCCn1cnc2ccccc2c1=O)NCC1(Cn2ccnc2)CC1. The van der Waals surface area contributed by atoms with Gasteiger partial charge in [-0.2, -0.15) is 0 Å². The average molecular weight is 365 g/mol. The number of carbonyl (C=O) groups excluding carboxylic acids is 1. The van der Waals surface area contributed by atoms with Crippen LogP contribution in [0.5, 0.6) is 0 Å². The number of aryl methyl sites for hydroxylation is 1. The van der Waals surface area contributed by atoms with Gasteiger partial charge in [0.15, 0.2) is 0 Å². The molecule has 1 amide bonds. The van der Waals surface area contributed by atoms with Crippen LogP contribution in [-0.4, -0.2) is 31.6 Å². The number of para-hydroxylation sites is 1. The highest BCUT2D eigenvalue weighted by Gasteiger charge is 2.42. The zero-order valence-corrected chi connectivity index (χ0v) is 15.2. The second-order valence-electron chi connectivity index (χ2n) is 7.38. The zero-order chi connectivity index (χ0) is 18.7. The standard InChI is InChI=1S/C20H23N5O2/c26-18(22-12-20(7-8-20)13-24-11-9-21-14-24)6-3-10-25-15-23-17-5-2-1-4-16(17)19(25)27/h1-2,4-5,9,11,14-15H,3,6-8,10,12-13H2,(H,22,26). The molecule has 0 aliphatic heterocycles. The lowest BCUT2D eigenvalue weighted by atomic mass is 10.1. The molecule has 0 unspecified atom stereocenters. The van der Waals surface area contributed by atoms with E-state index in [1.54, 1.807) is 23.2 Å². The molecule has 1 fully saturated rings. The minimum absolute atomic E-state index is 0.0358. The van der Waals surface area contributed by atoms with Crippen LogP contribution in [-0.2, 0) is 17.9 Å². The summed E-state index contributed by atoms with van der Waals surface area (Å²) in [5.74, 6) is 0.0358. The largest absolute Gasteiger partial charge is 0.355 e. The number of carbonyl (C=O) groups is 1. The number of hydrogen-bond acceptors (Lipinski definition) is 4. The molecule has 0 saturated heterocycles. The van der Waals surface area contributed by atoms with Crippen molar-refractivity contribution in [2.24, 2.45) is 5.41 Å². The smallest absolute Gasteiger partial charge is 0.261 e. The van der Waals surface area contributed by atoms with E-state index in [1.165, 1.54) is 0 Å². The lowest BCUT2D eigenvalue weighted by molar-refractivity contribution is -0.121. The van der Waals surface area contributed by atoms with Crippen LogP contribution in [0.15, 0.2) is 54.1 Å². The lowest BCUT2D eigenvalue weighted by Crippen LogP contribution is -2.32. The molecule has 4 rings (SSSR count). The Morgan fingerprint density at radius 1 is 1.22 bits per heavy atom. The summed E-state index contributed by atoms with van der Waals surface area (Å²) < 4.78 is 3.65. The molecule has 0 atom stereocenters. The van der Waals surface area contributed by atoms with E-state index in [2.05, 4.69) is 19.9 Å². The monoisotopic (exact) mass is 365 g/mol. The van der Waals surface area contributed by atoms with E-state index < -0.39 is 0 Å². The second kappa shape index (κ2) is 7.34. The Hall–Kier alpha value is -2.96. The van der Waals surface area contributed by atoms with Gasteiger partial charge >= 0.3 is 0 Å². The Bertz CT molecular complexity index is 989. The van der Waals surface area contributed by atoms with E-state index in [4.69, 9.17) is 0 Å². The molecule has 7 heteroatoms. The second-order valence-corrected chi connectivity index (χ2v) is 7.38. The summed E-state index contributed by atoms with van der Waals surface area (Å²) in [5.41, 5.74) is 0.817. The van der Waals surface area contributed by atoms with Crippen LogP contribution < -0.4 is 10.9 Å². The van der Waals surface area contributed by atoms with Crippen molar-refractivity contribution in [2.45, 2.75) is 38.8 Å². The molecule has 1 aromatic carbocycles. The van der Waals surface area contributed by atoms with Gasteiger partial charge in [-0.3, -0.25) is 14.2 Å². The first-order chi connectivity index (χ1) is 13.2. The minimum Gasteiger partial charge on any atom is -0.355 e. The number of amides is 1. The number of nitrogens with one attached hydrogen (secondary N) is 1. The Balaban J connectivity index is 1.25. The molecule has 1 N–H and O–H groups in total. The predicted molar refractivity (Wildman–Crippen MR) is 102 cm³/mol. The Morgan fingerprint density at radius 3 is 2.85 bits per heavy atom. The summed E-state index contributed by atoms with van der Waals surface area (Å²) in [6, 6.07) is 7.30. The summed E-state index contributed by atoms with van der Waals surface area (Å²) >= 11 is 0. The van der Waals surface area contributed by atoms with Crippen molar-refractivity contribution in [1.82, 2.24) is 24.4 Å². The van der Waals surface area contributed by atoms with Gasteiger partial charge in [-0.05, 0) is 31.4 Å². The molecule has 2 aromatic heterocycles. The lowest BCUT2D eigenvalue weighted by Gasteiger charge is -2.16. The topological polar surface area (TPSA) is 81.8 Å². The van der Waals surface area contributed by atoms with Crippen molar-refractivity contribution >= 4 is 16.8 Å². The highest BCUT2D eigenvalue weighted by molar-refractivity contribution is 5.77. The van der Waals surface area contributed by atoms with Gasteiger partial charge in [0.2, 0.25) is 5.91 Å². The van der Waals surface area contributed by atoms with Crippen LogP contribution in [0, 0.1) is 5.41 Å². The van der Waals surface area contributed by atoms with Gasteiger partial charge in [0, 0.05) is 43.9 Å². The number of imidazole rings is 1. The molecule has 1 saturated carbocycles. The fraction of sp³-hybridized carbons (Fsp3) is 0.400. The molecule has 1 aliphatic carbocycles. The summed E-state index contributed by atoms with van der Waals surface area (Å²) in [6.07, 6.45) is 10.4. The van der Waals surface area contributed by atoms with Crippen molar-refractivity contribution in [1.29, 1.82) is 0 Å². The van der Waals surface area contributed by atoms with Gasteiger partial charge in [-0.25, -0.2) is 9.97 Å². The number of aromatic nitrogens is 4. The average Bonchev–Trinajstić information content (AvgIpc) is 3.25. The highest BCUT2D eigenvalue weighted by Crippen LogP contribution is 2.46. The van der Waals surface area contributed by atoms with Gasteiger partial charge < -0.3 is 9.88 Å². The summed E-state index contributed by atoms with van der Waals surface area (Å²) in [5, 5.41) is 3.66. The summed E-state index contributed by atoms with van der Waals surface area (Å²) in [7, 11) is 0. The van der Waals surface area contributed by atoms with Gasteiger partial charge in [0.25, 0.3) is 5.56 Å². The zero-order valence-electron chi connectivity index (χ0n) is 15.2. The van der Waals surface area contributed by atoms with Crippen molar-refractivity contribution in [2.75, 3.05) is 6.54 Å². The Morgan fingerprint density at radius 2 is 2.07 bits per heavy atom. The van der Waals surface area contributed by atoms with E-state index in [0.29, 0.717) is 36.8 Å². The fourth-order valence-electron chi connectivity index (χ4n) is 3.38. The molecule has 2 heterocycles. The molecule has 0 bridgehead atoms.